The molecule has 0 atom stereocenters. The van der Waals surface area contributed by atoms with Crippen molar-refractivity contribution in [3.8, 4) is 0 Å². The molecule has 3 aromatic rings. The third kappa shape index (κ3) is 3.94. The molecule has 5 heteroatoms. The Labute approximate surface area is 152 Å². The second-order valence-corrected chi connectivity index (χ2v) is 6.21. The highest BCUT2D eigenvalue weighted by Crippen LogP contribution is 2.21. The van der Waals surface area contributed by atoms with E-state index < -0.39 is 0 Å². The third-order valence-corrected chi connectivity index (χ3v) is 3.68. The maximum atomic E-state index is 13.6. The van der Waals surface area contributed by atoms with Crippen molar-refractivity contribution in [3.05, 3.63) is 77.9 Å². The summed E-state index contributed by atoms with van der Waals surface area (Å²) in [5, 5.41) is 0. The molecule has 4 nitrogen and oxygen atoms in total. The molecule has 1 aromatic heterocycles. The van der Waals surface area contributed by atoms with Crippen LogP contribution >= 0.6 is 0 Å². The molecule has 0 N–H and O–H groups in total. The van der Waals surface area contributed by atoms with Gasteiger partial charge in [-0.2, -0.15) is 0 Å². The van der Waals surface area contributed by atoms with E-state index in [1.54, 1.807) is 12.1 Å². The lowest BCUT2D eigenvalue weighted by Gasteiger charge is -2.14. The van der Waals surface area contributed by atoms with E-state index in [4.69, 9.17) is 4.74 Å². The van der Waals surface area contributed by atoms with E-state index in [-0.39, 0.29) is 11.9 Å². The van der Waals surface area contributed by atoms with E-state index in [0.717, 1.165) is 11.0 Å². The number of ether oxygens (including phenoxy) is 1. The molecule has 0 spiro atoms. The largest absolute Gasteiger partial charge is 0.437 e. The summed E-state index contributed by atoms with van der Waals surface area (Å²) >= 11 is 0. The minimum atomic E-state index is -0.352. The Morgan fingerprint density at radius 1 is 1.08 bits per heavy atom. The van der Waals surface area contributed by atoms with Crippen LogP contribution in [0, 0.1) is 12.7 Å². The van der Waals surface area contributed by atoms with Crippen LogP contribution in [-0.2, 0) is 4.74 Å². The van der Waals surface area contributed by atoms with Crippen molar-refractivity contribution in [1.82, 2.24) is 9.97 Å². The fourth-order valence-electron chi connectivity index (χ4n) is 2.53. The van der Waals surface area contributed by atoms with Crippen LogP contribution in [-0.4, -0.2) is 21.9 Å². The quantitative estimate of drug-likeness (QED) is 0.381. The van der Waals surface area contributed by atoms with Gasteiger partial charge in [0, 0.05) is 11.6 Å². The zero-order valence-electron chi connectivity index (χ0n) is 15.0. The highest BCUT2D eigenvalue weighted by molar-refractivity contribution is 5.97. The molecule has 0 saturated carbocycles. The van der Waals surface area contributed by atoms with Crippen molar-refractivity contribution in [2.45, 2.75) is 26.8 Å². The summed E-state index contributed by atoms with van der Waals surface area (Å²) in [5.41, 5.74) is 3.37. The van der Waals surface area contributed by atoms with Gasteiger partial charge >= 0.3 is 0 Å². The lowest BCUT2D eigenvalue weighted by molar-refractivity contribution is 0.499. The van der Waals surface area contributed by atoms with Crippen LogP contribution in [0.25, 0.3) is 16.8 Å². The molecule has 1 heterocycles. The van der Waals surface area contributed by atoms with Crippen LogP contribution in [0.3, 0.4) is 0 Å². The second-order valence-electron chi connectivity index (χ2n) is 6.21. The molecule has 0 amide bonds. The first-order valence-corrected chi connectivity index (χ1v) is 8.38. The fraction of sp³-hybridized carbons (Fsp3) is 0.190. The normalized spacial score (nSPS) is 11.8. The molecule has 0 aliphatic heterocycles. The van der Waals surface area contributed by atoms with E-state index in [0.29, 0.717) is 28.6 Å². The SMILES string of the molecule is C=C(OC(=NC(C)C)c1cccc(F)c1)c1nc2ccccc2nc1C. The molecule has 3 rings (SSSR count). The number of hydrogen-bond donors (Lipinski definition) is 0. The standard InChI is InChI=1S/C21H20FN3O/c1-13(2)23-21(16-8-7-9-17(22)12-16)26-15(4)20-14(3)24-18-10-5-6-11-19(18)25-20/h5-13H,4H2,1-3H3. The number of rotatable bonds is 4. The first kappa shape index (κ1) is 17.7. The Morgan fingerprint density at radius 3 is 2.42 bits per heavy atom. The monoisotopic (exact) mass is 349 g/mol. The molecular weight excluding hydrogens is 329 g/mol. The predicted molar refractivity (Wildman–Crippen MR) is 102 cm³/mol. The Kier molecular flexibility index (Phi) is 5.07. The lowest BCUT2D eigenvalue weighted by Crippen LogP contribution is -2.11. The molecule has 132 valence electrons. The van der Waals surface area contributed by atoms with Crippen molar-refractivity contribution in [2.75, 3.05) is 0 Å². The maximum absolute atomic E-state index is 13.6. The highest BCUT2D eigenvalue weighted by Gasteiger charge is 2.15. The zero-order valence-corrected chi connectivity index (χ0v) is 15.0. The number of benzene rings is 2. The van der Waals surface area contributed by atoms with Crippen molar-refractivity contribution >= 4 is 22.7 Å². The fourth-order valence-corrected chi connectivity index (χ4v) is 2.53. The minimum absolute atomic E-state index is 0.0233. The Morgan fingerprint density at radius 2 is 1.77 bits per heavy atom. The van der Waals surface area contributed by atoms with E-state index in [1.807, 2.05) is 45.0 Å². The number of hydrogen-bond acceptors (Lipinski definition) is 4. The molecule has 0 saturated heterocycles. The Bertz CT molecular complexity index is 995. The van der Waals surface area contributed by atoms with Crippen molar-refractivity contribution < 1.29 is 9.13 Å². The topological polar surface area (TPSA) is 47.4 Å². The molecule has 2 aromatic carbocycles. The van der Waals surface area contributed by atoms with Gasteiger partial charge in [-0.25, -0.2) is 19.4 Å². The van der Waals surface area contributed by atoms with E-state index in [1.165, 1.54) is 12.1 Å². The van der Waals surface area contributed by atoms with Crippen molar-refractivity contribution in [2.24, 2.45) is 4.99 Å². The molecule has 0 aliphatic carbocycles. The summed E-state index contributed by atoms with van der Waals surface area (Å²) in [5.74, 6) is 0.276. The summed E-state index contributed by atoms with van der Waals surface area (Å²) in [6.45, 7) is 9.69. The average molecular weight is 349 g/mol. The van der Waals surface area contributed by atoms with E-state index in [9.17, 15) is 4.39 Å². The van der Waals surface area contributed by atoms with E-state index >= 15 is 0 Å². The Hall–Kier alpha value is -3.08. The number of aryl methyl sites for hydroxylation is 1. The van der Waals surface area contributed by atoms with Gasteiger partial charge in [0.25, 0.3) is 0 Å². The number of nitrogens with zero attached hydrogens (tertiary/aromatic N) is 3. The molecule has 0 fully saturated rings. The summed E-state index contributed by atoms with van der Waals surface area (Å²) in [6, 6.07) is 13.7. The average Bonchev–Trinajstić information content (AvgIpc) is 2.60. The Balaban J connectivity index is 1.97. The number of halogens is 1. The van der Waals surface area contributed by atoms with Crippen LogP contribution in [0.5, 0.6) is 0 Å². The van der Waals surface area contributed by atoms with Gasteiger partial charge in [-0.1, -0.05) is 24.8 Å². The second kappa shape index (κ2) is 7.44. The maximum Gasteiger partial charge on any atom is 0.222 e. The van der Waals surface area contributed by atoms with E-state index in [2.05, 4.69) is 21.5 Å². The predicted octanol–water partition coefficient (Wildman–Crippen LogP) is 4.92. The molecular formula is C21H20FN3O. The van der Waals surface area contributed by atoms with Gasteiger partial charge in [0.15, 0.2) is 0 Å². The van der Waals surface area contributed by atoms with Gasteiger partial charge in [-0.3, -0.25) is 0 Å². The molecule has 0 radical (unpaired) electrons. The molecule has 0 aliphatic rings. The van der Waals surface area contributed by atoms with Gasteiger partial charge in [0.1, 0.15) is 17.3 Å². The molecule has 0 unspecified atom stereocenters. The zero-order chi connectivity index (χ0) is 18.7. The van der Waals surface area contributed by atoms with Crippen LogP contribution in [0.1, 0.15) is 30.8 Å². The summed E-state index contributed by atoms with van der Waals surface area (Å²) in [4.78, 5) is 13.6. The summed E-state index contributed by atoms with van der Waals surface area (Å²) < 4.78 is 19.5. The van der Waals surface area contributed by atoms with Crippen molar-refractivity contribution in [1.29, 1.82) is 0 Å². The lowest BCUT2D eigenvalue weighted by atomic mass is 10.2. The van der Waals surface area contributed by atoms with Crippen LogP contribution in [0.4, 0.5) is 4.39 Å². The number of aliphatic imine (C=N–C) groups is 1. The molecule has 0 bridgehead atoms. The minimum Gasteiger partial charge on any atom is -0.437 e. The van der Waals surface area contributed by atoms with Crippen molar-refractivity contribution in [3.63, 3.8) is 0 Å². The summed E-state index contributed by atoms with van der Waals surface area (Å²) in [7, 11) is 0. The third-order valence-electron chi connectivity index (χ3n) is 3.68. The van der Waals surface area contributed by atoms with Crippen LogP contribution in [0.2, 0.25) is 0 Å². The highest BCUT2D eigenvalue weighted by atomic mass is 19.1. The number of fused-ring (bicyclic) bond motifs is 1. The van der Waals surface area contributed by atoms with Gasteiger partial charge < -0.3 is 4.74 Å². The molecule has 26 heavy (non-hydrogen) atoms. The van der Waals surface area contributed by atoms with Gasteiger partial charge in [0.05, 0.1) is 16.7 Å². The smallest absolute Gasteiger partial charge is 0.222 e. The first-order valence-electron chi connectivity index (χ1n) is 8.38. The summed E-state index contributed by atoms with van der Waals surface area (Å²) in [6.07, 6.45) is 0. The first-order chi connectivity index (χ1) is 12.4. The number of aromatic nitrogens is 2. The number of para-hydroxylation sites is 2. The van der Waals surface area contributed by atoms with Crippen LogP contribution in [0.15, 0.2) is 60.1 Å². The van der Waals surface area contributed by atoms with Gasteiger partial charge in [-0.15, -0.1) is 0 Å². The van der Waals surface area contributed by atoms with Gasteiger partial charge in [0.2, 0.25) is 5.90 Å². The van der Waals surface area contributed by atoms with Crippen LogP contribution < -0.4 is 0 Å². The van der Waals surface area contributed by atoms with Gasteiger partial charge in [-0.05, 0) is 51.1 Å².